The maximum absolute atomic E-state index is 5.35. The fourth-order valence-electron chi connectivity index (χ4n) is 7.85. The second-order valence-electron chi connectivity index (χ2n) is 13.8. The second kappa shape index (κ2) is 13.4. The Kier molecular flexibility index (Phi) is 7.85. The molecule has 0 amide bonds. The first kappa shape index (κ1) is 31.6. The fraction of sp³-hybridized carbons (Fsp3) is 0. The molecule has 0 bridgehead atoms. The Morgan fingerprint density at radius 3 is 1.46 bits per heavy atom. The number of benzene rings is 9. The van der Waals surface area contributed by atoms with Gasteiger partial charge in [-0.3, -0.25) is 0 Å². The maximum Gasteiger partial charge on any atom is 0.160 e. The molecule has 0 aliphatic rings. The monoisotopic (exact) mass is 686 g/mol. The molecule has 252 valence electrons. The summed E-state index contributed by atoms with van der Waals surface area (Å²) < 4.78 is 0. The summed E-state index contributed by atoms with van der Waals surface area (Å²) in [6, 6.07) is 73.5. The van der Waals surface area contributed by atoms with Gasteiger partial charge in [0.2, 0.25) is 0 Å². The second-order valence-corrected chi connectivity index (χ2v) is 13.8. The molecule has 10 rings (SSSR count). The normalized spacial score (nSPS) is 11.3. The highest BCUT2D eigenvalue weighted by atomic mass is 14.9. The first-order chi connectivity index (χ1) is 26.8. The van der Waals surface area contributed by atoms with Crippen LogP contribution in [0.3, 0.4) is 0 Å². The van der Waals surface area contributed by atoms with Crippen LogP contribution in [0, 0.1) is 0 Å². The maximum atomic E-state index is 5.35. The molecule has 0 fully saturated rings. The van der Waals surface area contributed by atoms with Crippen LogP contribution in [0.1, 0.15) is 0 Å². The first-order valence-corrected chi connectivity index (χ1v) is 18.4. The quantitative estimate of drug-likeness (QED) is 0.129. The minimum atomic E-state index is 0.693. The zero-order valence-electron chi connectivity index (χ0n) is 29.5. The number of nitrogens with zero attached hydrogens (tertiary/aromatic N) is 2. The van der Waals surface area contributed by atoms with Crippen molar-refractivity contribution in [3.05, 3.63) is 206 Å². The molecule has 2 nitrogen and oxygen atoms in total. The molecular weight excluding hydrogens is 653 g/mol. The lowest BCUT2D eigenvalue weighted by atomic mass is 9.87. The van der Waals surface area contributed by atoms with Crippen LogP contribution in [0.2, 0.25) is 0 Å². The number of fused-ring (bicyclic) bond motifs is 4. The molecule has 1 heterocycles. The molecular formula is C52H34N2. The standard InChI is InChI=1S/C52H34N2/c1-4-16-35(17-5-1)40-30-41(36-18-6-2-7-19-36)32-42(31-40)49-34-50(54-52(53-49)38-21-8-3-9-22-38)45-26-14-15-27-46(45)51-44-25-13-11-23-39(44)33-48-43-24-12-10-20-37(43)28-29-47(48)51/h1-34H. The van der Waals surface area contributed by atoms with Crippen molar-refractivity contribution in [1.82, 2.24) is 9.97 Å². The molecule has 10 aromatic rings. The van der Waals surface area contributed by atoms with Crippen molar-refractivity contribution >= 4 is 32.3 Å². The highest BCUT2D eigenvalue weighted by molar-refractivity contribution is 6.21. The Balaban J connectivity index is 1.24. The van der Waals surface area contributed by atoms with Gasteiger partial charge in [0.25, 0.3) is 0 Å². The van der Waals surface area contributed by atoms with Gasteiger partial charge in [0.05, 0.1) is 11.4 Å². The summed E-state index contributed by atoms with van der Waals surface area (Å²) in [6.07, 6.45) is 0. The van der Waals surface area contributed by atoms with Crippen LogP contribution in [0.15, 0.2) is 206 Å². The SMILES string of the molecule is c1ccc(-c2cc(-c3ccccc3)cc(-c3cc(-c4ccccc4-c4c5ccccc5cc5c4ccc4ccccc45)nc(-c4ccccc4)n3)c2)cc1. The molecule has 1 aromatic heterocycles. The van der Waals surface area contributed by atoms with Gasteiger partial charge < -0.3 is 0 Å². The van der Waals surface area contributed by atoms with E-state index in [0.29, 0.717) is 5.82 Å². The lowest BCUT2D eigenvalue weighted by Crippen LogP contribution is -1.98. The van der Waals surface area contributed by atoms with Crippen LogP contribution in [0.5, 0.6) is 0 Å². The Hall–Kier alpha value is -7.16. The van der Waals surface area contributed by atoms with E-state index < -0.39 is 0 Å². The van der Waals surface area contributed by atoms with Gasteiger partial charge in [0, 0.05) is 16.7 Å². The van der Waals surface area contributed by atoms with Gasteiger partial charge in [-0.15, -0.1) is 0 Å². The van der Waals surface area contributed by atoms with Crippen LogP contribution in [-0.2, 0) is 0 Å². The topological polar surface area (TPSA) is 25.8 Å². The Labute approximate surface area is 314 Å². The van der Waals surface area contributed by atoms with E-state index in [4.69, 9.17) is 9.97 Å². The fourth-order valence-corrected chi connectivity index (χ4v) is 7.85. The predicted octanol–water partition coefficient (Wildman–Crippen LogP) is 13.9. The van der Waals surface area contributed by atoms with Crippen LogP contribution in [0.25, 0.3) is 99.6 Å². The van der Waals surface area contributed by atoms with Crippen LogP contribution >= 0.6 is 0 Å². The van der Waals surface area contributed by atoms with Crippen LogP contribution in [-0.4, -0.2) is 9.97 Å². The molecule has 0 aliphatic carbocycles. The third-order valence-electron chi connectivity index (χ3n) is 10.4. The molecule has 0 saturated carbocycles. The highest BCUT2D eigenvalue weighted by Gasteiger charge is 2.19. The van der Waals surface area contributed by atoms with E-state index in [-0.39, 0.29) is 0 Å². The summed E-state index contributed by atoms with van der Waals surface area (Å²) in [7, 11) is 0. The first-order valence-electron chi connectivity index (χ1n) is 18.4. The molecule has 0 N–H and O–H groups in total. The van der Waals surface area contributed by atoms with E-state index in [2.05, 4.69) is 200 Å². The summed E-state index contributed by atoms with van der Waals surface area (Å²) in [5.41, 5.74) is 11.8. The molecule has 0 unspecified atom stereocenters. The molecule has 0 saturated heterocycles. The third kappa shape index (κ3) is 5.71. The minimum Gasteiger partial charge on any atom is -0.228 e. The largest absolute Gasteiger partial charge is 0.228 e. The van der Waals surface area contributed by atoms with Gasteiger partial charge >= 0.3 is 0 Å². The van der Waals surface area contributed by atoms with Gasteiger partial charge in [-0.1, -0.05) is 176 Å². The van der Waals surface area contributed by atoms with Crippen molar-refractivity contribution in [2.45, 2.75) is 0 Å². The summed E-state index contributed by atoms with van der Waals surface area (Å²) in [6.45, 7) is 0. The van der Waals surface area contributed by atoms with E-state index >= 15 is 0 Å². The van der Waals surface area contributed by atoms with Gasteiger partial charge in [0.1, 0.15) is 0 Å². The van der Waals surface area contributed by atoms with Crippen molar-refractivity contribution < 1.29 is 0 Å². The molecule has 0 spiro atoms. The lowest BCUT2D eigenvalue weighted by Gasteiger charge is -2.18. The minimum absolute atomic E-state index is 0.693. The molecule has 54 heavy (non-hydrogen) atoms. The Bertz CT molecular complexity index is 2910. The molecule has 0 atom stereocenters. The molecule has 2 heteroatoms. The van der Waals surface area contributed by atoms with Crippen LogP contribution in [0.4, 0.5) is 0 Å². The van der Waals surface area contributed by atoms with Crippen molar-refractivity contribution in [1.29, 1.82) is 0 Å². The lowest BCUT2D eigenvalue weighted by molar-refractivity contribution is 1.18. The third-order valence-corrected chi connectivity index (χ3v) is 10.4. The van der Waals surface area contributed by atoms with Crippen molar-refractivity contribution in [3.8, 4) is 67.3 Å². The zero-order chi connectivity index (χ0) is 35.8. The predicted molar refractivity (Wildman–Crippen MR) is 227 cm³/mol. The molecule has 0 radical (unpaired) electrons. The van der Waals surface area contributed by atoms with E-state index in [1.165, 1.54) is 37.9 Å². The van der Waals surface area contributed by atoms with E-state index in [1.807, 2.05) is 6.07 Å². The van der Waals surface area contributed by atoms with Crippen molar-refractivity contribution in [3.63, 3.8) is 0 Å². The van der Waals surface area contributed by atoms with E-state index in [0.717, 1.165) is 55.9 Å². The van der Waals surface area contributed by atoms with Gasteiger partial charge in [0.15, 0.2) is 5.82 Å². The average Bonchev–Trinajstić information content (AvgIpc) is 3.26. The molecule has 9 aromatic carbocycles. The summed E-state index contributed by atoms with van der Waals surface area (Å²) in [5, 5.41) is 7.39. The Morgan fingerprint density at radius 1 is 0.259 bits per heavy atom. The van der Waals surface area contributed by atoms with Gasteiger partial charge in [-0.2, -0.15) is 0 Å². The highest BCUT2D eigenvalue weighted by Crippen LogP contribution is 2.43. The van der Waals surface area contributed by atoms with Crippen molar-refractivity contribution in [2.24, 2.45) is 0 Å². The van der Waals surface area contributed by atoms with Crippen LogP contribution < -0.4 is 0 Å². The number of rotatable bonds is 6. The summed E-state index contributed by atoms with van der Waals surface area (Å²) in [4.78, 5) is 10.6. The number of hydrogen-bond donors (Lipinski definition) is 0. The van der Waals surface area contributed by atoms with Gasteiger partial charge in [-0.25, -0.2) is 9.97 Å². The number of hydrogen-bond acceptors (Lipinski definition) is 2. The van der Waals surface area contributed by atoms with Gasteiger partial charge in [-0.05, 0) is 96.0 Å². The smallest absolute Gasteiger partial charge is 0.160 e. The van der Waals surface area contributed by atoms with E-state index in [9.17, 15) is 0 Å². The summed E-state index contributed by atoms with van der Waals surface area (Å²) in [5.74, 6) is 0.693. The number of aromatic nitrogens is 2. The van der Waals surface area contributed by atoms with Crippen molar-refractivity contribution in [2.75, 3.05) is 0 Å². The summed E-state index contributed by atoms with van der Waals surface area (Å²) >= 11 is 0. The average molecular weight is 687 g/mol. The zero-order valence-corrected chi connectivity index (χ0v) is 29.5. The Morgan fingerprint density at radius 2 is 0.778 bits per heavy atom. The molecule has 0 aliphatic heterocycles. The van der Waals surface area contributed by atoms with E-state index in [1.54, 1.807) is 0 Å².